The number of amides is 1. The van der Waals surface area contributed by atoms with Gasteiger partial charge in [-0.05, 0) is 43.0 Å². The van der Waals surface area contributed by atoms with Gasteiger partial charge in [-0.2, -0.15) is 0 Å². The maximum absolute atomic E-state index is 11.8. The molecule has 3 N–H and O–H groups in total. The first-order chi connectivity index (χ1) is 10.6. The molecule has 0 aliphatic heterocycles. The van der Waals surface area contributed by atoms with E-state index in [-0.39, 0.29) is 43.4 Å². The van der Waals surface area contributed by atoms with E-state index in [4.69, 9.17) is 22.1 Å². The van der Waals surface area contributed by atoms with Crippen LogP contribution in [-0.2, 0) is 4.79 Å². The molecule has 1 atom stereocenters. The lowest BCUT2D eigenvalue weighted by Crippen LogP contribution is -2.40. The Morgan fingerprint density at radius 2 is 2.12 bits per heavy atom. The minimum Gasteiger partial charge on any atom is -0.481 e. The summed E-state index contributed by atoms with van der Waals surface area (Å²) in [6.07, 6.45) is 3.99. The largest absolute Gasteiger partial charge is 0.481 e. The van der Waals surface area contributed by atoms with E-state index in [0.29, 0.717) is 28.8 Å². The number of rotatable bonds is 6. The molecule has 8 heteroatoms. The fraction of sp³-hybridized carbons (Fsp3) is 0.375. The van der Waals surface area contributed by atoms with Gasteiger partial charge in [-0.15, -0.1) is 24.8 Å². The number of halogens is 3. The average Bonchev–Trinajstić information content (AvgIpc) is 3.37. The Hall–Kier alpha value is -1.27. The molecular formula is C16H20Cl3N3O2. The summed E-state index contributed by atoms with van der Waals surface area (Å²) in [4.78, 5) is 16.1. The van der Waals surface area contributed by atoms with Gasteiger partial charge in [0.1, 0.15) is 11.3 Å². The van der Waals surface area contributed by atoms with Crippen LogP contribution in [0.1, 0.15) is 12.8 Å². The first kappa shape index (κ1) is 20.8. The van der Waals surface area contributed by atoms with Gasteiger partial charge in [-0.1, -0.05) is 11.6 Å². The molecule has 1 unspecified atom stereocenters. The molecule has 0 radical (unpaired) electrons. The number of nitrogens with zero attached hydrogens (tertiary/aromatic N) is 1. The van der Waals surface area contributed by atoms with Gasteiger partial charge in [0, 0.05) is 24.2 Å². The summed E-state index contributed by atoms with van der Waals surface area (Å²) in [5.74, 6) is 0.919. The third-order valence-electron chi connectivity index (χ3n) is 3.80. The van der Waals surface area contributed by atoms with Crippen LogP contribution in [0.2, 0.25) is 5.02 Å². The van der Waals surface area contributed by atoms with Crippen molar-refractivity contribution < 1.29 is 9.53 Å². The average molecular weight is 393 g/mol. The molecule has 1 saturated carbocycles. The topological polar surface area (TPSA) is 77.2 Å². The first-order valence-corrected chi connectivity index (χ1v) is 7.71. The Morgan fingerprint density at radius 3 is 2.83 bits per heavy atom. The quantitative estimate of drug-likeness (QED) is 0.792. The third-order valence-corrected chi connectivity index (χ3v) is 4.13. The van der Waals surface area contributed by atoms with Crippen LogP contribution >= 0.6 is 36.4 Å². The van der Waals surface area contributed by atoms with Crippen LogP contribution in [-0.4, -0.2) is 30.1 Å². The van der Waals surface area contributed by atoms with Crippen molar-refractivity contribution in [1.29, 1.82) is 0 Å². The van der Waals surface area contributed by atoms with Crippen LogP contribution in [0, 0.1) is 5.92 Å². The molecular weight excluding hydrogens is 373 g/mol. The van der Waals surface area contributed by atoms with Crippen molar-refractivity contribution >= 4 is 53.2 Å². The molecule has 3 rings (SSSR count). The summed E-state index contributed by atoms with van der Waals surface area (Å²) < 4.78 is 5.57. The fourth-order valence-electron chi connectivity index (χ4n) is 2.35. The van der Waals surface area contributed by atoms with Gasteiger partial charge in [0.15, 0.2) is 6.61 Å². The highest BCUT2D eigenvalue weighted by atomic mass is 35.5. The van der Waals surface area contributed by atoms with Gasteiger partial charge in [0.2, 0.25) is 0 Å². The van der Waals surface area contributed by atoms with Crippen LogP contribution < -0.4 is 15.8 Å². The fourth-order valence-corrected chi connectivity index (χ4v) is 2.56. The molecule has 132 valence electrons. The second kappa shape index (κ2) is 9.28. The van der Waals surface area contributed by atoms with Crippen LogP contribution in [0.5, 0.6) is 5.75 Å². The molecule has 0 spiro atoms. The highest BCUT2D eigenvalue weighted by Gasteiger charge is 2.28. The lowest BCUT2D eigenvalue weighted by atomic mass is 10.2. The third kappa shape index (κ3) is 5.11. The standard InChI is InChI=1S/C16H18ClN3O2.2ClH/c17-12-5-6-14(16-11(12)2-1-7-19-16)22-9-15(21)20-8-13(18)10-3-4-10;;/h1-2,5-7,10,13H,3-4,8-9,18H2,(H,20,21);2*1H. The molecule has 1 aromatic heterocycles. The van der Waals surface area contributed by atoms with Gasteiger partial charge in [-0.3, -0.25) is 9.78 Å². The maximum Gasteiger partial charge on any atom is 0.257 e. The number of ether oxygens (including phenoxy) is 1. The Labute approximate surface area is 158 Å². The van der Waals surface area contributed by atoms with E-state index < -0.39 is 0 Å². The predicted octanol–water partition coefficient (Wildman–Crippen LogP) is 2.96. The van der Waals surface area contributed by atoms with Crippen molar-refractivity contribution in [3.05, 3.63) is 35.5 Å². The van der Waals surface area contributed by atoms with Crippen molar-refractivity contribution in [1.82, 2.24) is 10.3 Å². The Balaban J connectivity index is 0.00000144. The van der Waals surface area contributed by atoms with E-state index in [1.807, 2.05) is 12.1 Å². The molecule has 1 heterocycles. The van der Waals surface area contributed by atoms with Crippen LogP contribution in [0.25, 0.3) is 10.9 Å². The summed E-state index contributed by atoms with van der Waals surface area (Å²) in [7, 11) is 0. The molecule has 1 fully saturated rings. The number of benzene rings is 1. The SMILES string of the molecule is Cl.Cl.NC(CNC(=O)COc1ccc(Cl)c2cccnc12)C1CC1. The smallest absolute Gasteiger partial charge is 0.257 e. The van der Waals surface area contributed by atoms with E-state index >= 15 is 0 Å². The zero-order valence-electron chi connectivity index (χ0n) is 12.9. The predicted molar refractivity (Wildman–Crippen MR) is 100 cm³/mol. The van der Waals surface area contributed by atoms with Gasteiger partial charge < -0.3 is 15.8 Å². The van der Waals surface area contributed by atoms with Crippen LogP contribution in [0.4, 0.5) is 0 Å². The number of carbonyl (C=O) groups excluding carboxylic acids is 1. The van der Waals surface area contributed by atoms with Crippen LogP contribution in [0.3, 0.4) is 0 Å². The number of carbonyl (C=O) groups is 1. The molecule has 1 aliphatic rings. The number of nitrogens with one attached hydrogen (secondary N) is 1. The van der Waals surface area contributed by atoms with Gasteiger partial charge in [-0.25, -0.2) is 0 Å². The van der Waals surface area contributed by atoms with Gasteiger partial charge >= 0.3 is 0 Å². The zero-order valence-corrected chi connectivity index (χ0v) is 15.3. The van der Waals surface area contributed by atoms with Crippen LogP contribution in [0.15, 0.2) is 30.5 Å². The number of nitrogens with two attached hydrogens (primary N) is 1. The molecule has 5 nitrogen and oxygen atoms in total. The number of hydrogen-bond acceptors (Lipinski definition) is 4. The van der Waals surface area contributed by atoms with E-state index in [2.05, 4.69) is 10.3 Å². The first-order valence-electron chi connectivity index (χ1n) is 7.33. The lowest BCUT2D eigenvalue weighted by molar-refractivity contribution is -0.123. The minimum atomic E-state index is -0.185. The van der Waals surface area contributed by atoms with E-state index in [9.17, 15) is 4.79 Å². The Bertz CT molecular complexity index is 695. The minimum absolute atomic E-state index is 0. The molecule has 0 bridgehead atoms. The Morgan fingerprint density at radius 1 is 1.38 bits per heavy atom. The van der Waals surface area contributed by atoms with Crippen molar-refractivity contribution in [2.24, 2.45) is 11.7 Å². The molecule has 1 aromatic carbocycles. The van der Waals surface area contributed by atoms with Crippen molar-refractivity contribution in [3.8, 4) is 5.75 Å². The number of hydrogen-bond donors (Lipinski definition) is 2. The number of fused-ring (bicyclic) bond motifs is 1. The van der Waals surface area contributed by atoms with Crippen molar-refractivity contribution in [2.75, 3.05) is 13.2 Å². The molecule has 24 heavy (non-hydrogen) atoms. The van der Waals surface area contributed by atoms with Crippen molar-refractivity contribution in [2.45, 2.75) is 18.9 Å². The molecule has 0 saturated heterocycles. The molecule has 1 amide bonds. The molecule has 2 aromatic rings. The van der Waals surface area contributed by atoms with E-state index in [1.165, 1.54) is 0 Å². The highest BCUT2D eigenvalue weighted by Crippen LogP contribution is 2.31. The molecule has 1 aliphatic carbocycles. The van der Waals surface area contributed by atoms with Gasteiger partial charge in [0.05, 0.1) is 5.02 Å². The van der Waals surface area contributed by atoms with Crippen molar-refractivity contribution in [3.63, 3.8) is 0 Å². The second-order valence-electron chi connectivity index (χ2n) is 5.54. The monoisotopic (exact) mass is 391 g/mol. The number of pyridine rings is 1. The summed E-state index contributed by atoms with van der Waals surface area (Å²) in [5.41, 5.74) is 6.60. The lowest BCUT2D eigenvalue weighted by Gasteiger charge is -2.13. The van der Waals surface area contributed by atoms with Gasteiger partial charge in [0.25, 0.3) is 5.91 Å². The highest BCUT2D eigenvalue weighted by molar-refractivity contribution is 6.35. The zero-order chi connectivity index (χ0) is 15.5. The number of aromatic nitrogens is 1. The summed E-state index contributed by atoms with van der Waals surface area (Å²) >= 11 is 6.12. The summed E-state index contributed by atoms with van der Waals surface area (Å²) in [6, 6.07) is 7.18. The second-order valence-corrected chi connectivity index (χ2v) is 5.95. The summed E-state index contributed by atoms with van der Waals surface area (Å²) in [5, 5.41) is 4.21. The normalized spacial score (nSPS) is 14.2. The maximum atomic E-state index is 11.8. The Kier molecular flexibility index (Phi) is 8.03. The summed E-state index contributed by atoms with van der Waals surface area (Å²) in [6.45, 7) is 0.428. The van der Waals surface area contributed by atoms with E-state index in [0.717, 1.165) is 18.2 Å². The van der Waals surface area contributed by atoms with E-state index in [1.54, 1.807) is 18.3 Å².